The molecule has 0 radical (unpaired) electrons. The van der Waals surface area contributed by atoms with Crippen LogP contribution in [-0.2, 0) is 4.74 Å². The van der Waals surface area contributed by atoms with Crippen LogP contribution in [0.3, 0.4) is 0 Å². The summed E-state index contributed by atoms with van der Waals surface area (Å²) in [5.41, 5.74) is 1.94. The molecule has 3 rings (SSSR count). The number of aromatic hydroxyl groups is 1. The molecule has 1 aliphatic heterocycles. The Bertz CT molecular complexity index is 799. The minimum Gasteiger partial charge on any atom is -0.506 e. The predicted molar refractivity (Wildman–Crippen MR) is 103 cm³/mol. The Hall–Kier alpha value is -3.22. The average molecular weight is 369 g/mol. The molecule has 0 atom stereocenters. The van der Waals surface area contributed by atoms with Gasteiger partial charge in [-0.2, -0.15) is 0 Å². The fraction of sp³-hybridized carbons (Fsp3) is 0.300. The Balaban J connectivity index is 1.57. The molecule has 1 heterocycles. The number of phenolic OH excluding ortho intramolecular Hbond substituents is 1. The predicted octanol–water partition coefficient (Wildman–Crippen LogP) is 2.92. The van der Waals surface area contributed by atoms with Crippen LogP contribution in [0.25, 0.3) is 0 Å². The fourth-order valence-corrected chi connectivity index (χ4v) is 3.05. The van der Waals surface area contributed by atoms with E-state index >= 15 is 0 Å². The second-order valence-electron chi connectivity index (χ2n) is 6.19. The molecule has 0 spiro atoms. The average Bonchev–Trinajstić information content (AvgIpc) is 2.69. The lowest BCUT2D eigenvalue weighted by Gasteiger charge is -2.36. The van der Waals surface area contributed by atoms with Crippen molar-refractivity contribution in [3.8, 4) is 5.75 Å². The molecule has 2 N–H and O–H groups in total. The van der Waals surface area contributed by atoms with E-state index in [1.807, 2.05) is 12.1 Å². The van der Waals surface area contributed by atoms with Crippen LogP contribution in [0.1, 0.15) is 17.3 Å². The van der Waals surface area contributed by atoms with Gasteiger partial charge in [0.15, 0.2) is 0 Å². The Labute approximate surface area is 158 Å². The smallest absolute Gasteiger partial charge is 0.411 e. The highest BCUT2D eigenvalue weighted by Crippen LogP contribution is 2.27. The molecule has 0 aromatic heterocycles. The molecule has 0 aliphatic carbocycles. The van der Waals surface area contributed by atoms with Gasteiger partial charge in [-0.3, -0.25) is 10.1 Å². The van der Waals surface area contributed by atoms with Crippen LogP contribution in [0.2, 0.25) is 0 Å². The molecule has 27 heavy (non-hydrogen) atoms. The van der Waals surface area contributed by atoms with Gasteiger partial charge < -0.3 is 19.6 Å². The first-order chi connectivity index (χ1) is 13.1. The highest BCUT2D eigenvalue weighted by molar-refractivity contribution is 5.95. The van der Waals surface area contributed by atoms with E-state index in [1.165, 1.54) is 0 Å². The number of amides is 2. The molecule has 0 bridgehead atoms. The first kappa shape index (κ1) is 18.6. The third-order valence-corrected chi connectivity index (χ3v) is 4.44. The second kappa shape index (κ2) is 8.44. The maximum Gasteiger partial charge on any atom is 0.411 e. The molecule has 7 nitrogen and oxygen atoms in total. The summed E-state index contributed by atoms with van der Waals surface area (Å²) in [5.74, 6) is 0.205. The van der Waals surface area contributed by atoms with Crippen LogP contribution in [0, 0.1) is 0 Å². The van der Waals surface area contributed by atoms with Crippen LogP contribution in [-0.4, -0.2) is 54.8 Å². The summed E-state index contributed by atoms with van der Waals surface area (Å²) in [6.07, 6.45) is -0.517. The number of ether oxygens (including phenoxy) is 1. The third-order valence-electron chi connectivity index (χ3n) is 4.44. The van der Waals surface area contributed by atoms with Crippen LogP contribution in [0.5, 0.6) is 5.75 Å². The Morgan fingerprint density at radius 3 is 2.33 bits per heavy atom. The summed E-state index contributed by atoms with van der Waals surface area (Å²) in [4.78, 5) is 28.0. The molecule has 142 valence electrons. The molecule has 1 fully saturated rings. The molecule has 1 aliphatic rings. The van der Waals surface area contributed by atoms with Gasteiger partial charge in [0.25, 0.3) is 5.91 Å². The standard InChI is InChI=1S/C20H23N3O4/c1-2-27-20(26)21-16-9-7-15(8-10-16)19(25)23-13-11-22(12-14-23)17-5-3-4-6-18(17)24/h3-10,24H,2,11-14H2,1H3,(H,21,26). The van der Waals surface area contributed by atoms with Crippen molar-refractivity contribution in [1.82, 2.24) is 4.90 Å². The third kappa shape index (κ3) is 4.49. The van der Waals surface area contributed by atoms with Gasteiger partial charge in [-0.05, 0) is 43.3 Å². The summed E-state index contributed by atoms with van der Waals surface area (Å²) in [5, 5.41) is 12.6. The Morgan fingerprint density at radius 1 is 1.04 bits per heavy atom. The monoisotopic (exact) mass is 369 g/mol. The maximum absolute atomic E-state index is 12.7. The van der Waals surface area contributed by atoms with Crippen molar-refractivity contribution in [2.75, 3.05) is 43.0 Å². The molecule has 0 saturated carbocycles. The summed E-state index contributed by atoms with van der Waals surface area (Å²) in [6, 6.07) is 14.0. The number of piperazine rings is 1. The molecule has 0 unspecified atom stereocenters. The zero-order valence-electron chi connectivity index (χ0n) is 15.2. The van der Waals surface area contributed by atoms with E-state index in [9.17, 15) is 14.7 Å². The molecule has 1 saturated heterocycles. The van der Waals surface area contributed by atoms with Gasteiger partial charge in [-0.25, -0.2) is 4.79 Å². The number of phenols is 1. The number of hydrogen-bond donors (Lipinski definition) is 2. The lowest BCUT2D eigenvalue weighted by molar-refractivity contribution is 0.0746. The lowest BCUT2D eigenvalue weighted by atomic mass is 10.1. The number of benzene rings is 2. The number of para-hydroxylation sites is 2. The quantitative estimate of drug-likeness (QED) is 0.866. The summed E-state index contributed by atoms with van der Waals surface area (Å²) in [7, 11) is 0. The van der Waals surface area contributed by atoms with Crippen LogP contribution in [0.15, 0.2) is 48.5 Å². The van der Waals surface area contributed by atoms with E-state index in [0.29, 0.717) is 44.0 Å². The van der Waals surface area contributed by atoms with Gasteiger partial charge in [0.1, 0.15) is 5.75 Å². The van der Waals surface area contributed by atoms with Gasteiger partial charge in [0.2, 0.25) is 0 Å². The van der Waals surface area contributed by atoms with E-state index in [2.05, 4.69) is 10.2 Å². The summed E-state index contributed by atoms with van der Waals surface area (Å²) in [6.45, 7) is 4.51. The number of carbonyl (C=O) groups excluding carboxylic acids is 2. The van der Waals surface area contributed by atoms with Crippen LogP contribution < -0.4 is 10.2 Å². The number of hydrogen-bond acceptors (Lipinski definition) is 5. The van der Waals surface area contributed by atoms with Crippen molar-refractivity contribution in [1.29, 1.82) is 0 Å². The summed E-state index contributed by atoms with van der Waals surface area (Å²) >= 11 is 0. The number of rotatable bonds is 4. The van der Waals surface area contributed by atoms with Gasteiger partial charge >= 0.3 is 6.09 Å². The van der Waals surface area contributed by atoms with E-state index in [0.717, 1.165) is 5.69 Å². The van der Waals surface area contributed by atoms with E-state index in [4.69, 9.17) is 4.74 Å². The number of nitrogens with zero attached hydrogens (tertiary/aromatic N) is 2. The van der Waals surface area contributed by atoms with Crippen LogP contribution >= 0.6 is 0 Å². The van der Waals surface area contributed by atoms with E-state index in [-0.39, 0.29) is 11.7 Å². The minimum absolute atomic E-state index is 0.0466. The molecule has 2 amide bonds. The first-order valence-corrected chi connectivity index (χ1v) is 8.94. The fourth-order valence-electron chi connectivity index (χ4n) is 3.05. The van der Waals surface area contributed by atoms with Gasteiger partial charge in [-0.15, -0.1) is 0 Å². The molecule has 2 aromatic carbocycles. The molecule has 7 heteroatoms. The molecular formula is C20H23N3O4. The van der Waals surface area contributed by atoms with Gasteiger partial charge in [-0.1, -0.05) is 12.1 Å². The largest absolute Gasteiger partial charge is 0.506 e. The minimum atomic E-state index is -0.517. The van der Waals surface area contributed by atoms with Crippen molar-refractivity contribution in [2.24, 2.45) is 0 Å². The Morgan fingerprint density at radius 2 is 1.70 bits per heavy atom. The topological polar surface area (TPSA) is 82.1 Å². The molecular weight excluding hydrogens is 346 g/mol. The highest BCUT2D eigenvalue weighted by atomic mass is 16.5. The number of nitrogens with one attached hydrogen (secondary N) is 1. The lowest BCUT2D eigenvalue weighted by Crippen LogP contribution is -2.48. The number of anilines is 2. The maximum atomic E-state index is 12.7. The number of carbonyl (C=O) groups is 2. The van der Waals surface area contributed by atoms with E-state index in [1.54, 1.807) is 48.2 Å². The highest BCUT2D eigenvalue weighted by Gasteiger charge is 2.23. The zero-order valence-corrected chi connectivity index (χ0v) is 15.2. The van der Waals surface area contributed by atoms with Crippen molar-refractivity contribution in [2.45, 2.75) is 6.92 Å². The molecule has 2 aromatic rings. The van der Waals surface area contributed by atoms with Crippen molar-refractivity contribution in [3.05, 3.63) is 54.1 Å². The van der Waals surface area contributed by atoms with Gasteiger partial charge in [0, 0.05) is 37.4 Å². The van der Waals surface area contributed by atoms with Crippen molar-refractivity contribution >= 4 is 23.4 Å². The normalized spacial score (nSPS) is 14.0. The van der Waals surface area contributed by atoms with Crippen molar-refractivity contribution in [3.63, 3.8) is 0 Å². The Kier molecular flexibility index (Phi) is 5.80. The van der Waals surface area contributed by atoms with E-state index < -0.39 is 6.09 Å². The second-order valence-corrected chi connectivity index (χ2v) is 6.19. The SMILES string of the molecule is CCOC(=O)Nc1ccc(C(=O)N2CCN(c3ccccc3O)CC2)cc1. The van der Waals surface area contributed by atoms with Crippen LogP contribution in [0.4, 0.5) is 16.2 Å². The van der Waals surface area contributed by atoms with Gasteiger partial charge in [0.05, 0.1) is 12.3 Å². The zero-order chi connectivity index (χ0) is 19.2. The summed E-state index contributed by atoms with van der Waals surface area (Å²) < 4.78 is 4.83. The first-order valence-electron chi connectivity index (χ1n) is 8.94. The van der Waals surface area contributed by atoms with Crippen molar-refractivity contribution < 1.29 is 19.4 Å².